The van der Waals surface area contributed by atoms with Gasteiger partial charge in [0.2, 0.25) is 5.91 Å². The molecule has 0 saturated carbocycles. The number of carbonyl (C=O) groups is 2. The Hall–Kier alpha value is -3.51. The molecule has 29 heavy (non-hydrogen) atoms. The molecule has 3 rings (SSSR count). The van der Waals surface area contributed by atoms with Gasteiger partial charge in [0.1, 0.15) is 11.5 Å². The zero-order chi connectivity index (χ0) is 20.6. The quantitative estimate of drug-likeness (QED) is 0.519. The number of para-hydroxylation sites is 1. The van der Waals surface area contributed by atoms with Crippen LogP contribution in [0.5, 0.6) is 11.5 Å². The highest BCUT2D eigenvalue weighted by atomic mass is 35.5. The molecule has 0 saturated heterocycles. The summed E-state index contributed by atoms with van der Waals surface area (Å²) in [6, 6.07) is 21.9. The molecule has 0 unspecified atom stereocenters. The van der Waals surface area contributed by atoms with Crippen LogP contribution in [0.3, 0.4) is 0 Å². The van der Waals surface area contributed by atoms with E-state index < -0.39 is 12.1 Å². The average molecular weight is 410 g/mol. The van der Waals surface area contributed by atoms with Crippen LogP contribution in [-0.2, 0) is 4.79 Å². The largest absolute Gasteiger partial charge is 0.457 e. The van der Waals surface area contributed by atoms with E-state index in [1.54, 1.807) is 48.5 Å². The summed E-state index contributed by atoms with van der Waals surface area (Å²) in [4.78, 5) is 23.9. The van der Waals surface area contributed by atoms with Gasteiger partial charge in [-0.1, -0.05) is 41.9 Å². The maximum Gasteiger partial charge on any atom is 0.312 e. The molecule has 7 heteroatoms. The molecule has 0 aliphatic heterocycles. The Morgan fingerprint density at radius 2 is 1.62 bits per heavy atom. The fourth-order valence-corrected chi connectivity index (χ4v) is 2.90. The number of nitrogens with two attached hydrogens (primary N) is 1. The number of nitrogens with one attached hydrogen (secondary N) is 2. The Bertz CT molecular complexity index is 978. The summed E-state index contributed by atoms with van der Waals surface area (Å²) in [5.74, 6) is 0.994. The molecule has 0 aliphatic carbocycles. The second-order valence-electron chi connectivity index (χ2n) is 6.31. The second-order valence-corrected chi connectivity index (χ2v) is 6.74. The number of hydrogen-bond donors (Lipinski definition) is 3. The van der Waals surface area contributed by atoms with Crippen LogP contribution in [0, 0.1) is 0 Å². The number of urea groups is 1. The van der Waals surface area contributed by atoms with Crippen molar-refractivity contribution in [3.8, 4) is 11.5 Å². The maximum atomic E-state index is 12.5. The topological polar surface area (TPSA) is 93.5 Å². The fourth-order valence-electron chi connectivity index (χ4n) is 2.77. The second kappa shape index (κ2) is 9.61. The molecule has 0 radical (unpaired) electrons. The molecule has 0 aliphatic rings. The number of primary amides is 1. The minimum Gasteiger partial charge on any atom is -0.457 e. The molecule has 0 spiro atoms. The van der Waals surface area contributed by atoms with E-state index >= 15 is 0 Å². The van der Waals surface area contributed by atoms with E-state index in [-0.39, 0.29) is 12.3 Å². The van der Waals surface area contributed by atoms with Crippen molar-refractivity contribution in [2.75, 3.05) is 5.32 Å². The van der Waals surface area contributed by atoms with Crippen LogP contribution in [0.25, 0.3) is 0 Å². The van der Waals surface area contributed by atoms with Gasteiger partial charge >= 0.3 is 6.03 Å². The zero-order valence-electron chi connectivity index (χ0n) is 15.5. The molecule has 0 heterocycles. The lowest BCUT2D eigenvalue weighted by Crippen LogP contribution is -2.35. The molecule has 0 bridgehead atoms. The number of carbonyl (C=O) groups excluding carboxylic acids is 2. The number of ether oxygens (including phenoxy) is 1. The highest BCUT2D eigenvalue weighted by Gasteiger charge is 2.18. The fraction of sp³-hybridized carbons (Fsp3) is 0.0909. The van der Waals surface area contributed by atoms with E-state index in [0.29, 0.717) is 27.8 Å². The minimum atomic E-state index is -0.719. The first-order chi connectivity index (χ1) is 14.0. The molecule has 4 N–H and O–H groups in total. The van der Waals surface area contributed by atoms with Gasteiger partial charge in [-0.05, 0) is 54.1 Å². The highest BCUT2D eigenvalue weighted by molar-refractivity contribution is 6.30. The van der Waals surface area contributed by atoms with Gasteiger partial charge in [-0.3, -0.25) is 4.79 Å². The predicted octanol–water partition coefficient (Wildman–Crippen LogP) is 4.87. The minimum absolute atomic E-state index is 0.000354. The van der Waals surface area contributed by atoms with Crippen molar-refractivity contribution in [2.24, 2.45) is 5.73 Å². The number of amides is 3. The SMILES string of the molecule is NC(=O)N[C@@H](CC(=O)Nc1ccc(Cl)cc1)c1cccc(Oc2ccccc2)c1. The first-order valence-corrected chi connectivity index (χ1v) is 9.31. The Labute approximate surface area is 173 Å². The van der Waals surface area contributed by atoms with E-state index in [4.69, 9.17) is 22.1 Å². The summed E-state index contributed by atoms with van der Waals surface area (Å²) in [5, 5.41) is 5.97. The lowest BCUT2D eigenvalue weighted by Gasteiger charge is -2.19. The summed E-state index contributed by atoms with van der Waals surface area (Å²) in [7, 11) is 0. The number of halogens is 1. The molecular formula is C22H20ClN3O3. The molecular weight excluding hydrogens is 390 g/mol. The van der Waals surface area contributed by atoms with Crippen LogP contribution in [0.2, 0.25) is 5.02 Å². The lowest BCUT2D eigenvalue weighted by molar-refractivity contribution is -0.116. The normalized spacial score (nSPS) is 11.3. The Morgan fingerprint density at radius 3 is 2.31 bits per heavy atom. The van der Waals surface area contributed by atoms with Gasteiger partial charge in [-0.25, -0.2) is 4.79 Å². The Morgan fingerprint density at radius 1 is 0.931 bits per heavy atom. The summed E-state index contributed by atoms with van der Waals surface area (Å²) in [6.07, 6.45) is 0.000354. The molecule has 0 aromatic heterocycles. The van der Waals surface area contributed by atoms with Gasteiger partial charge < -0.3 is 21.1 Å². The average Bonchev–Trinajstić information content (AvgIpc) is 2.70. The molecule has 3 aromatic carbocycles. The van der Waals surface area contributed by atoms with Crippen LogP contribution in [0.15, 0.2) is 78.9 Å². The van der Waals surface area contributed by atoms with Crippen LogP contribution in [0.1, 0.15) is 18.0 Å². The van der Waals surface area contributed by atoms with Crippen molar-refractivity contribution in [3.63, 3.8) is 0 Å². The van der Waals surface area contributed by atoms with Crippen molar-refractivity contribution in [3.05, 3.63) is 89.4 Å². The van der Waals surface area contributed by atoms with Crippen LogP contribution >= 0.6 is 11.6 Å². The summed E-state index contributed by atoms with van der Waals surface area (Å²) in [5.41, 5.74) is 6.62. The van der Waals surface area contributed by atoms with Gasteiger partial charge in [0.25, 0.3) is 0 Å². The van der Waals surface area contributed by atoms with Gasteiger partial charge in [0.15, 0.2) is 0 Å². The molecule has 148 valence electrons. The lowest BCUT2D eigenvalue weighted by atomic mass is 10.0. The van der Waals surface area contributed by atoms with Gasteiger partial charge in [-0.2, -0.15) is 0 Å². The van der Waals surface area contributed by atoms with E-state index in [2.05, 4.69) is 10.6 Å². The van der Waals surface area contributed by atoms with Gasteiger partial charge in [-0.15, -0.1) is 0 Å². The first-order valence-electron chi connectivity index (χ1n) is 8.94. The number of benzene rings is 3. The summed E-state index contributed by atoms with van der Waals surface area (Å²) < 4.78 is 5.83. The van der Waals surface area contributed by atoms with Crippen molar-refractivity contribution in [2.45, 2.75) is 12.5 Å². The van der Waals surface area contributed by atoms with Crippen LogP contribution in [0.4, 0.5) is 10.5 Å². The van der Waals surface area contributed by atoms with Crippen molar-refractivity contribution < 1.29 is 14.3 Å². The van der Waals surface area contributed by atoms with Gasteiger partial charge in [0.05, 0.1) is 12.5 Å². The van der Waals surface area contributed by atoms with E-state index in [9.17, 15) is 9.59 Å². The number of rotatable bonds is 7. The highest BCUT2D eigenvalue weighted by Crippen LogP contribution is 2.26. The van der Waals surface area contributed by atoms with E-state index in [1.807, 2.05) is 30.3 Å². The van der Waals surface area contributed by atoms with Crippen LogP contribution in [-0.4, -0.2) is 11.9 Å². The third-order valence-corrected chi connectivity index (χ3v) is 4.33. The molecule has 3 aromatic rings. The third kappa shape index (κ3) is 6.26. The van der Waals surface area contributed by atoms with E-state index in [0.717, 1.165) is 0 Å². The number of hydrogen-bond acceptors (Lipinski definition) is 3. The van der Waals surface area contributed by atoms with Crippen molar-refractivity contribution in [1.82, 2.24) is 5.32 Å². The zero-order valence-corrected chi connectivity index (χ0v) is 16.2. The summed E-state index contributed by atoms with van der Waals surface area (Å²) in [6.45, 7) is 0. The predicted molar refractivity (Wildman–Crippen MR) is 113 cm³/mol. The Balaban J connectivity index is 1.73. The van der Waals surface area contributed by atoms with E-state index in [1.165, 1.54) is 0 Å². The monoisotopic (exact) mass is 409 g/mol. The number of anilines is 1. The smallest absolute Gasteiger partial charge is 0.312 e. The maximum absolute atomic E-state index is 12.5. The molecule has 6 nitrogen and oxygen atoms in total. The molecule has 0 fully saturated rings. The van der Waals surface area contributed by atoms with Crippen molar-refractivity contribution in [1.29, 1.82) is 0 Å². The van der Waals surface area contributed by atoms with Crippen LogP contribution < -0.4 is 21.1 Å². The molecule has 1 atom stereocenters. The third-order valence-electron chi connectivity index (χ3n) is 4.07. The van der Waals surface area contributed by atoms with Gasteiger partial charge in [0, 0.05) is 10.7 Å². The Kier molecular flexibility index (Phi) is 6.71. The van der Waals surface area contributed by atoms with Crippen molar-refractivity contribution >= 4 is 29.2 Å². The first kappa shape index (κ1) is 20.2. The summed E-state index contributed by atoms with van der Waals surface area (Å²) >= 11 is 5.86. The molecule has 3 amide bonds. The standard InChI is InChI=1S/C22H20ClN3O3/c23-16-9-11-17(12-10-16)25-21(27)14-20(26-22(24)28)15-5-4-8-19(13-15)29-18-6-2-1-3-7-18/h1-13,20H,14H2,(H,25,27)(H3,24,26,28)/t20-/m0/s1.